The Morgan fingerprint density at radius 2 is 1.94 bits per heavy atom. The van der Waals surface area contributed by atoms with Crippen LogP contribution in [0.25, 0.3) is 0 Å². The Labute approximate surface area is 102 Å². The molecule has 0 N–H and O–H groups in total. The largest absolute Gasteiger partial charge is 0.496 e. The van der Waals surface area contributed by atoms with E-state index in [0.717, 1.165) is 6.42 Å². The zero-order chi connectivity index (χ0) is 12.8. The SMILES string of the molecule is CCC(C)C(=O)CC(=O)c1ccccc1OC. The van der Waals surface area contributed by atoms with Crippen LogP contribution in [0.4, 0.5) is 0 Å². The average molecular weight is 234 g/mol. The van der Waals surface area contributed by atoms with Gasteiger partial charge in [0, 0.05) is 5.92 Å². The number of benzene rings is 1. The van der Waals surface area contributed by atoms with E-state index in [4.69, 9.17) is 4.74 Å². The Kier molecular flexibility index (Phi) is 4.88. The lowest BCUT2D eigenvalue weighted by molar-refractivity contribution is -0.121. The molecule has 1 aromatic rings. The number of ketones is 2. The van der Waals surface area contributed by atoms with Gasteiger partial charge >= 0.3 is 0 Å². The van der Waals surface area contributed by atoms with E-state index in [-0.39, 0.29) is 23.9 Å². The van der Waals surface area contributed by atoms with Crippen LogP contribution >= 0.6 is 0 Å². The highest BCUT2D eigenvalue weighted by Gasteiger charge is 2.18. The van der Waals surface area contributed by atoms with Gasteiger partial charge in [0.05, 0.1) is 19.1 Å². The van der Waals surface area contributed by atoms with Crippen LogP contribution in [0.15, 0.2) is 24.3 Å². The lowest BCUT2D eigenvalue weighted by Crippen LogP contribution is -2.15. The number of rotatable bonds is 6. The van der Waals surface area contributed by atoms with Crippen LogP contribution in [0, 0.1) is 5.92 Å². The van der Waals surface area contributed by atoms with Crippen molar-refractivity contribution in [1.29, 1.82) is 0 Å². The number of hydrogen-bond acceptors (Lipinski definition) is 3. The third-order valence-corrected chi connectivity index (χ3v) is 2.90. The maximum Gasteiger partial charge on any atom is 0.173 e. The van der Waals surface area contributed by atoms with Crippen LogP contribution in [0.2, 0.25) is 0 Å². The summed E-state index contributed by atoms with van der Waals surface area (Å²) in [7, 11) is 1.52. The van der Waals surface area contributed by atoms with E-state index in [2.05, 4.69) is 0 Å². The Balaban J connectivity index is 2.80. The van der Waals surface area contributed by atoms with Crippen molar-refractivity contribution in [3.63, 3.8) is 0 Å². The minimum absolute atomic E-state index is 0.0107. The van der Waals surface area contributed by atoms with Crippen LogP contribution in [-0.4, -0.2) is 18.7 Å². The third-order valence-electron chi connectivity index (χ3n) is 2.90. The molecule has 0 radical (unpaired) electrons. The molecule has 17 heavy (non-hydrogen) atoms. The summed E-state index contributed by atoms with van der Waals surface area (Å²) in [5.41, 5.74) is 0.478. The fourth-order valence-electron chi connectivity index (χ4n) is 1.53. The first-order valence-electron chi connectivity index (χ1n) is 5.79. The van der Waals surface area contributed by atoms with Crippen LogP contribution < -0.4 is 4.74 Å². The van der Waals surface area contributed by atoms with Gasteiger partial charge in [0.25, 0.3) is 0 Å². The molecule has 0 heterocycles. The molecule has 1 aromatic carbocycles. The maximum absolute atomic E-state index is 12.0. The summed E-state index contributed by atoms with van der Waals surface area (Å²) in [6.07, 6.45) is 0.716. The smallest absolute Gasteiger partial charge is 0.173 e. The molecule has 0 saturated heterocycles. The van der Waals surface area contributed by atoms with Gasteiger partial charge in [0.15, 0.2) is 5.78 Å². The molecule has 1 unspecified atom stereocenters. The molecule has 0 aromatic heterocycles. The van der Waals surface area contributed by atoms with Crippen molar-refractivity contribution in [3.8, 4) is 5.75 Å². The van der Waals surface area contributed by atoms with Gasteiger partial charge in [-0.2, -0.15) is 0 Å². The summed E-state index contributed by atoms with van der Waals surface area (Å²) < 4.78 is 5.10. The predicted molar refractivity (Wildman–Crippen MR) is 66.4 cm³/mol. The normalized spacial score (nSPS) is 11.9. The predicted octanol–water partition coefficient (Wildman–Crippen LogP) is 2.88. The molecular weight excluding hydrogens is 216 g/mol. The van der Waals surface area contributed by atoms with Gasteiger partial charge in [-0.25, -0.2) is 0 Å². The second-order valence-corrected chi connectivity index (χ2v) is 4.08. The van der Waals surface area contributed by atoms with Gasteiger partial charge < -0.3 is 4.74 Å². The number of carbonyl (C=O) groups excluding carboxylic acids is 2. The zero-order valence-electron chi connectivity index (χ0n) is 10.5. The second kappa shape index (κ2) is 6.18. The van der Waals surface area contributed by atoms with Crippen molar-refractivity contribution < 1.29 is 14.3 Å². The quantitative estimate of drug-likeness (QED) is 0.561. The number of hydrogen-bond donors (Lipinski definition) is 0. The van der Waals surface area contributed by atoms with Crippen molar-refractivity contribution in [3.05, 3.63) is 29.8 Å². The summed E-state index contributed by atoms with van der Waals surface area (Å²) in [5, 5.41) is 0. The van der Waals surface area contributed by atoms with E-state index in [1.807, 2.05) is 13.8 Å². The minimum atomic E-state index is -0.173. The molecule has 0 aliphatic carbocycles. The topological polar surface area (TPSA) is 43.4 Å². The summed E-state index contributed by atoms with van der Waals surface area (Å²) in [4.78, 5) is 23.7. The maximum atomic E-state index is 12.0. The fourth-order valence-corrected chi connectivity index (χ4v) is 1.53. The van der Waals surface area contributed by atoms with E-state index in [1.54, 1.807) is 24.3 Å². The first-order valence-corrected chi connectivity index (χ1v) is 5.79. The van der Waals surface area contributed by atoms with Crippen molar-refractivity contribution in [1.82, 2.24) is 0 Å². The Hall–Kier alpha value is -1.64. The lowest BCUT2D eigenvalue weighted by Gasteiger charge is -2.09. The average Bonchev–Trinajstić information content (AvgIpc) is 2.37. The number of methoxy groups -OCH3 is 1. The van der Waals surface area contributed by atoms with E-state index < -0.39 is 0 Å². The first kappa shape index (κ1) is 13.4. The standard InChI is InChI=1S/C14H18O3/c1-4-10(2)12(15)9-13(16)11-7-5-6-8-14(11)17-3/h5-8,10H,4,9H2,1-3H3. The fraction of sp³-hybridized carbons (Fsp3) is 0.429. The van der Waals surface area contributed by atoms with E-state index in [9.17, 15) is 9.59 Å². The lowest BCUT2D eigenvalue weighted by atomic mass is 9.96. The highest BCUT2D eigenvalue weighted by atomic mass is 16.5. The molecule has 0 aliphatic heterocycles. The van der Waals surface area contributed by atoms with Crippen LogP contribution in [-0.2, 0) is 4.79 Å². The molecule has 0 spiro atoms. The van der Waals surface area contributed by atoms with Gasteiger partial charge in [-0.1, -0.05) is 26.0 Å². The zero-order valence-corrected chi connectivity index (χ0v) is 10.5. The van der Waals surface area contributed by atoms with E-state index in [1.165, 1.54) is 7.11 Å². The molecule has 0 aliphatic rings. The van der Waals surface area contributed by atoms with Gasteiger partial charge in [-0.15, -0.1) is 0 Å². The molecule has 3 heteroatoms. The Bertz CT molecular complexity index is 410. The first-order chi connectivity index (χ1) is 8.10. The Morgan fingerprint density at radius 1 is 1.29 bits per heavy atom. The Morgan fingerprint density at radius 3 is 2.53 bits per heavy atom. The number of para-hydroxylation sites is 1. The molecule has 3 nitrogen and oxygen atoms in total. The van der Waals surface area contributed by atoms with Gasteiger partial charge in [-0.3, -0.25) is 9.59 Å². The molecule has 1 rings (SSSR count). The van der Waals surface area contributed by atoms with Crippen molar-refractivity contribution >= 4 is 11.6 Å². The number of Topliss-reactive ketones (excluding diaryl/α,β-unsaturated/α-hetero) is 2. The monoisotopic (exact) mass is 234 g/mol. The van der Waals surface area contributed by atoms with Crippen molar-refractivity contribution in [2.45, 2.75) is 26.7 Å². The van der Waals surface area contributed by atoms with Crippen molar-refractivity contribution in [2.75, 3.05) is 7.11 Å². The summed E-state index contributed by atoms with van der Waals surface area (Å²) in [6.45, 7) is 3.79. The minimum Gasteiger partial charge on any atom is -0.496 e. The van der Waals surface area contributed by atoms with Gasteiger partial charge in [0.1, 0.15) is 11.5 Å². The van der Waals surface area contributed by atoms with E-state index >= 15 is 0 Å². The molecule has 1 atom stereocenters. The van der Waals surface area contributed by atoms with Gasteiger partial charge in [0.2, 0.25) is 0 Å². The molecule has 0 bridgehead atoms. The summed E-state index contributed by atoms with van der Waals surface area (Å²) >= 11 is 0. The highest BCUT2D eigenvalue weighted by molar-refractivity contribution is 6.09. The molecule has 0 amide bonds. The molecule has 92 valence electrons. The molecule has 0 fully saturated rings. The highest BCUT2D eigenvalue weighted by Crippen LogP contribution is 2.20. The van der Waals surface area contributed by atoms with Crippen molar-refractivity contribution in [2.24, 2.45) is 5.92 Å². The molecular formula is C14H18O3. The summed E-state index contributed by atoms with van der Waals surface area (Å²) in [5.74, 6) is 0.277. The summed E-state index contributed by atoms with van der Waals surface area (Å²) in [6, 6.07) is 6.97. The number of carbonyl (C=O) groups is 2. The molecule has 0 saturated carbocycles. The van der Waals surface area contributed by atoms with E-state index in [0.29, 0.717) is 11.3 Å². The van der Waals surface area contributed by atoms with Gasteiger partial charge in [-0.05, 0) is 18.6 Å². The second-order valence-electron chi connectivity index (χ2n) is 4.08. The number of ether oxygens (including phenoxy) is 1. The van der Waals surface area contributed by atoms with Crippen LogP contribution in [0.1, 0.15) is 37.0 Å². The van der Waals surface area contributed by atoms with Crippen LogP contribution in [0.3, 0.4) is 0 Å². The van der Waals surface area contributed by atoms with Crippen LogP contribution in [0.5, 0.6) is 5.75 Å². The third kappa shape index (κ3) is 3.41.